The lowest BCUT2D eigenvalue weighted by Crippen LogP contribution is -2.67. The highest BCUT2D eigenvalue weighted by Gasteiger charge is 2.50. The number of ketones is 1. The molecule has 0 aromatic heterocycles. The molecule has 0 bridgehead atoms. The fraction of sp³-hybridized carbons (Fsp3) is 0.158. The average molecular weight is 416 g/mol. The van der Waals surface area contributed by atoms with Crippen molar-refractivity contribution in [1.82, 2.24) is 10.6 Å². The van der Waals surface area contributed by atoms with E-state index in [9.17, 15) is 32.7 Å². The van der Waals surface area contributed by atoms with Gasteiger partial charge in [-0.25, -0.2) is 13.2 Å². The van der Waals surface area contributed by atoms with E-state index < -0.39 is 45.5 Å². The summed E-state index contributed by atoms with van der Waals surface area (Å²) >= 11 is 0. The molecule has 3 N–H and O–H groups in total. The Morgan fingerprint density at radius 2 is 1.34 bits per heavy atom. The standard InChI is InChI=1S/C19H16N2O7S/c1-29(27,28)14-8-6-12(7-9-14)11-2-4-13(5-3-11)15(22)10-19(26)16(23)20-18(25)21-17(19)24/h2-9,26H,10H2,1H3,(H2,20,21,23,24,25). The fourth-order valence-corrected chi connectivity index (χ4v) is 3.42. The lowest BCUT2D eigenvalue weighted by Gasteiger charge is -2.28. The number of barbiturate groups is 1. The molecule has 0 saturated carbocycles. The second kappa shape index (κ2) is 7.22. The molecule has 3 rings (SSSR count). The third-order valence-electron chi connectivity index (χ3n) is 4.44. The van der Waals surface area contributed by atoms with Gasteiger partial charge in [0.25, 0.3) is 11.8 Å². The number of amides is 4. The van der Waals surface area contributed by atoms with Gasteiger partial charge in [-0.2, -0.15) is 0 Å². The van der Waals surface area contributed by atoms with Crippen LogP contribution in [0.1, 0.15) is 16.8 Å². The molecule has 2 aromatic rings. The SMILES string of the molecule is CS(=O)(=O)c1ccc(-c2ccc(C(=O)CC3(O)C(=O)NC(=O)NC3=O)cc2)cc1. The van der Waals surface area contributed by atoms with Crippen LogP contribution in [0.2, 0.25) is 0 Å². The first-order chi connectivity index (χ1) is 13.5. The summed E-state index contributed by atoms with van der Waals surface area (Å²) in [6, 6.07) is 11.3. The Morgan fingerprint density at radius 1 is 0.897 bits per heavy atom. The van der Waals surface area contributed by atoms with E-state index in [1.165, 1.54) is 24.3 Å². The Balaban J connectivity index is 1.78. The first-order valence-corrected chi connectivity index (χ1v) is 10.2. The zero-order valence-corrected chi connectivity index (χ0v) is 15.9. The monoisotopic (exact) mass is 416 g/mol. The predicted octanol–water partition coefficient (Wildman–Crippen LogP) is 0.427. The summed E-state index contributed by atoms with van der Waals surface area (Å²) in [5.41, 5.74) is -1.10. The maximum absolute atomic E-state index is 12.4. The van der Waals surface area contributed by atoms with E-state index in [2.05, 4.69) is 0 Å². The summed E-state index contributed by atoms with van der Waals surface area (Å²) in [6.45, 7) is 0. The number of sulfone groups is 1. The fourth-order valence-electron chi connectivity index (χ4n) is 2.79. The summed E-state index contributed by atoms with van der Waals surface area (Å²) in [7, 11) is -3.31. The maximum Gasteiger partial charge on any atom is 0.328 e. The van der Waals surface area contributed by atoms with Crippen molar-refractivity contribution in [1.29, 1.82) is 0 Å². The number of aliphatic hydroxyl groups is 1. The minimum absolute atomic E-state index is 0.146. The van der Waals surface area contributed by atoms with Gasteiger partial charge in [-0.3, -0.25) is 25.0 Å². The van der Waals surface area contributed by atoms with Crippen LogP contribution in [0.15, 0.2) is 53.4 Å². The number of nitrogens with one attached hydrogen (secondary N) is 2. The lowest BCUT2D eigenvalue weighted by atomic mass is 9.90. The summed E-state index contributed by atoms with van der Waals surface area (Å²) in [4.78, 5) is 47.3. The molecule has 0 aliphatic carbocycles. The van der Waals surface area contributed by atoms with E-state index >= 15 is 0 Å². The van der Waals surface area contributed by atoms with Crippen LogP contribution in [0.5, 0.6) is 0 Å². The van der Waals surface area contributed by atoms with Crippen molar-refractivity contribution < 1.29 is 32.7 Å². The summed E-state index contributed by atoms with van der Waals surface area (Å²) in [5.74, 6) is -3.20. The molecule has 0 atom stereocenters. The highest BCUT2D eigenvalue weighted by atomic mass is 32.2. The highest BCUT2D eigenvalue weighted by Crippen LogP contribution is 2.23. The molecule has 150 valence electrons. The Labute approximate surface area is 165 Å². The van der Waals surface area contributed by atoms with Crippen LogP contribution in [0.25, 0.3) is 11.1 Å². The average Bonchev–Trinajstić information content (AvgIpc) is 2.66. The first-order valence-electron chi connectivity index (χ1n) is 8.34. The molecule has 1 saturated heterocycles. The Morgan fingerprint density at radius 3 is 1.79 bits per heavy atom. The number of benzene rings is 2. The van der Waals surface area contributed by atoms with E-state index in [1.54, 1.807) is 34.9 Å². The number of hydrogen-bond acceptors (Lipinski definition) is 7. The van der Waals surface area contributed by atoms with E-state index in [4.69, 9.17) is 0 Å². The molecule has 0 spiro atoms. The van der Waals surface area contributed by atoms with E-state index in [0.29, 0.717) is 5.56 Å². The lowest BCUT2D eigenvalue weighted by molar-refractivity contribution is -0.154. The van der Waals surface area contributed by atoms with Crippen molar-refractivity contribution in [2.75, 3.05) is 6.26 Å². The van der Waals surface area contributed by atoms with Gasteiger partial charge in [0, 0.05) is 11.8 Å². The van der Waals surface area contributed by atoms with Crippen molar-refractivity contribution >= 4 is 33.5 Å². The first kappa shape index (κ1) is 20.4. The van der Waals surface area contributed by atoms with Gasteiger partial charge >= 0.3 is 6.03 Å². The molecule has 1 fully saturated rings. The van der Waals surface area contributed by atoms with Crippen LogP contribution < -0.4 is 10.6 Å². The topological polar surface area (TPSA) is 147 Å². The smallest absolute Gasteiger partial charge is 0.328 e. The highest BCUT2D eigenvalue weighted by molar-refractivity contribution is 7.90. The quantitative estimate of drug-likeness (QED) is 0.473. The minimum Gasteiger partial charge on any atom is -0.371 e. The number of rotatable bonds is 5. The molecule has 9 nitrogen and oxygen atoms in total. The minimum atomic E-state index is -3.31. The third-order valence-corrected chi connectivity index (χ3v) is 5.57. The number of urea groups is 1. The van der Waals surface area contributed by atoms with Crippen LogP contribution in [-0.4, -0.2) is 49.0 Å². The predicted molar refractivity (Wildman–Crippen MR) is 101 cm³/mol. The number of carbonyl (C=O) groups is 4. The van der Waals surface area contributed by atoms with Crippen molar-refractivity contribution in [3.63, 3.8) is 0 Å². The summed E-state index contributed by atoms with van der Waals surface area (Å²) in [5, 5.41) is 13.7. The van der Waals surface area contributed by atoms with Gasteiger partial charge in [-0.15, -0.1) is 0 Å². The van der Waals surface area contributed by atoms with Gasteiger partial charge in [-0.05, 0) is 23.3 Å². The van der Waals surface area contributed by atoms with Crippen LogP contribution >= 0.6 is 0 Å². The van der Waals surface area contributed by atoms with Gasteiger partial charge in [0.05, 0.1) is 11.3 Å². The molecule has 10 heteroatoms. The van der Waals surface area contributed by atoms with Gasteiger partial charge in [0.1, 0.15) is 0 Å². The number of imide groups is 2. The molecule has 1 aliphatic heterocycles. The normalized spacial score (nSPS) is 16.1. The van der Waals surface area contributed by atoms with Gasteiger partial charge < -0.3 is 5.11 Å². The largest absolute Gasteiger partial charge is 0.371 e. The van der Waals surface area contributed by atoms with Crippen molar-refractivity contribution in [2.45, 2.75) is 16.9 Å². The third kappa shape index (κ3) is 4.08. The van der Waals surface area contributed by atoms with Gasteiger partial charge in [-0.1, -0.05) is 36.4 Å². The van der Waals surface area contributed by atoms with E-state index in [1.807, 2.05) is 0 Å². The number of hydrogen-bond donors (Lipinski definition) is 3. The van der Waals surface area contributed by atoms with Gasteiger partial charge in [0.2, 0.25) is 5.60 Å². The summed E-state index contributed by atoms with van der Waals surface area (Å²) < 4.78 is 23.0. The van der Waals surface area contributed by atoms with Gasteiger partial charge in [0.15, 0.2) is 15.6 Å². The van der Waals surface area contributed by atoms with Crippen molar-refractivity contribution in [3.8, 4) is 11.1 Å². The van der Waals surface area contributed by atoms with Crippen LogP contribution in [0.4, 0.5) is 4.79 Å². The molecule has 0 radical (unpaired) electrons. The maximum atomic E-state index is 12.4. The molecule has 4 amide bonds. The Hall–Kier alpha value is -3.37. The molecular formula is C19H16N2O7S. The number of Topliss-reactive ketones (excluding diaryl/α,β-unsaturated/α-hetero) is 1. The zero-order valence-electron chi connectivity index (χ0n) is 15.1. The van der Waals surface area contributed by atoms with Crippen molar-refractivity contribution in [3.05, 3.63) is 54.1 Å². The molecule has 29 heavy (non-hydrogen) atoms. The summed E-state index contributed by atoms with van der Waals surface area (Å²) in [6.07, 6.45) is 0.277. The molecule has 1 aliphatic rings. The van der Waals surface area contributed by atoms with Crippen molar-refractivity contribution in [2.24, 2.45) is 0 Å². The van der Waals surface area contributed by atoms with Crippen LogP contribution in [-0.2, 0) is 19.4 Å². The Kier molecular flexibility index (Phi) is 5.07. The molecule has 0 unspecified atom stereocenters. The molecule has 1 heterocycles. The Bertz CT molecular complexity index is 1100. The van der Waals surface area contributed by atoms with E-state index in [-0.39, 0.29) is 10.5 Å². The second-order valence-electron chi connectivity index (χ2n) is 6.57. The molecule has 2 aromatic carbocycles. The second-order valence-corrected chi connectivity index (χ2v) is 8.59. The van der Waals surface area contributed by atoms with Crippen LogP contribution in [0, 0.1) is 0 Å². The van der Waals surface area contributed by atoms with E-state index in [0.717, 1.165) is 11.8 Å². The zero-order chi connectivity index (χ0) is 21.4. The van der Waals surface area contributed by atoms with Crippen LogP contribution in [0.3, 0.4) is 0 Å². The number of carbonyl (C=O) groups excluding carboxylic acids is 4. The molecular weight excluding hydrogens is 400 g/mol.